The summed E-state index contributed by atoms with van der Waals surface area (Å²) in [6.45, 7) is 5.42. The Kier molecular flexibility index (Phi) is 10.0. The molecule has 9 heteroatoms. The molecule has 35 heavy (non-hydrogen) atoms. The van der Waals surface area contributed by atoms with E-state index in [2.05, 4.69) is 22.6 Å². The van der Waals surface area contributed by atoms with E-state index in [0.717, 1.165) is 24.2 Å². The van der Waals surface area contributed by atoms with Crippen molar-refractivity contribution < 1.29 is 29.1 Å². The quantitative estimate of drug-likeness (QED) is 0.224. The Morgan fingerprint density at radius 3 is 2.49 bits per heavy atom. The van der Waals surface area contributed by atoms with Crippen LogP contribution in [0.1, 0.15) is 62.4 Å². The van der Waals surface area contributed by atoms with Crippen molar-refractivity contribution in [3.63, 3.8) is 0 Å². The van der Waals surface area contributed by atoms with E-state index in [9.17, 15) is 19.5 Å². The number of allylic oxidation sites excluding steroid dienone is 1. The van der Waals surface area contributed by atoms with Gasteiger partial charge in [0, 0.05) is 38.2 Å². The summed E-state index contributed by atoms with van der Waals surface area (Å²) in [5.74, 6) is 3.64. The van der Waals surface area contributed by atoms with Crippen LogP contribution in [0.15, 0.2) is 36.4 Å². The highest BCUT2D eigenvalue weighted by Gasteiger charge is 2.47. The number of nitrogens with one attached hydrogen (secondary N) is 2. The maximum absolute atomic E-state index is 13.2. The number of hydrogen-bond acceptors (Lipinski definition) is 6. The zero-order chi connectivity index (χ0) is 26.1. The highest BCUT2D eigenvalue weighted by molar-refractivity contribution is 6.12. The van der Waals surface area contributed by atoms with E-state index < -0.39 is 35.2 Å². The summed E-state index contributed by atoms with van der Waals surface area (Å²) in [4.78, 5) is 45.3. The number of ether oxygens (including phenoxy) is 1. The van der Waals surface area contributed by atoms with Crippen molar-refractivity contribution >= 4 is 17.7 Å². The molecule has 0 spiro atoms. The molecule has 0 aromatic heterocycles. The summed E-state index contributed by atoms with van der Waals surface area (Å²) >= 11 is 0. The SMILES string of the molecule is CC/C=C\C(C)(O)C#Cc1ccc(C(=O)N(C)C(C)(C(=O)NC)C(=O)NOC2CCCCO2)cc1. The minimum atomic E-state index is -1.89. The Bertz CT molecular complexity index is 987. The van der Waals surface area contributed by atoms with Crippen molar-refractivity contribution in [1.29, 1.82) is 0 Å². The molecule has 1 aliphatic rings. The lowest BCUT2D eigenvalue weighted by molar-refractivity contribution is -0.204. The van der Waals surface area contributed by atoms with E-state index >= 15 is 0 Å². The standard InChI is InChI=1S/C26H35N3O6/c1-6-7-16-25(2,33)17-15-19-11-13-20(14-12-19)22(30)29(5)26(3,23(31)27-4)24(32)28-35-21-10-8-9-18-34-21/h7,11-14,16,21,33H,6,8-10,18H2,1-5H3,(H,27,31)(H,28,32)/b16-7-. The van der Waals surface area contributed by atoms with Crippen molar-refractivity contribution in [3.8, 4) is 11.8 Å². The number of aliphatic hydroxyl groups is 1. The van der Waals surface area contributed by atoms with E-state index in [1.54, 1.807) is 37.3 Å². The molecule has 1 heterocycles. The predicted octanol–water partition coefficient (Wildman–Crippen LogP) is 1.91. The third-order valence-electron chi connectivity index (χ3n) is 5.78. The van der Waals surface area contributed by atoms with Crippen LogP contribution >= 0.6 is 0 Å². The number of amides is 3. The van der Waals surface area contributed by atoms with Crippen LogP contribution in [0.4, 0.5) is 0 Å². The summed E-state index contributed by atoms with van der Waals surface area (Å²) in [5.41, 5.74) is -0.00908. The smallest absolute Gasteiger partial charge is 0.279 e. The van der Waals surface area contributed by atoms with Crippen molar-refractivity contribution in [2.45, 2.75) is 63.9 Å². The zero-order valence-electron chi connectivity index (χ0n) is 21.0. The van der Waals surface area contributed by atoms with Crippen LogP contribution in [0.5, 0.6) is 0 Å². The number of benzene rings is 1. The highest BCUT2D eigenvalue weighted by Crippen LogP contribution is 2.20. The Hall–Kier alpha value is -3.19. The van der Waals surface area contributed by atoms with Crippen LogP contribution in [0.25, 0.3) is 0 Å². The first-order valence-corrected chi connectivity index (χ1v) is 11.7. The summed E-state index contributed by atoms with van der Waals surface area (Å²) < 4.78 is 5.43. The minimum absolute atomic E-state index is 0.259. The average molecular weight is 486 g/mol. The maximum atomic E-state index is 13.2. The monoisotopic (exact) mass is 485 g/mol. The van der Waals surface area contributed by atoms with Crippen molar-refractivity contribution in [3.05, 3.63) is 47.5 Å². The molecule has 2 rings (SSSR count). The maximum Gasteiger partial charge on any atom is 0.279 e. The summed E-state index contributed by atoms with van der Waals surface area (Å²) in [6, 6.07) is 6.37. The molecule has 0 aliphatic carbocycles. The molecule has 3 N–H and O–H groups in total. The van der Waals surface area contributed by atoms with Gasteiger partial charge in [-0.25, -0.2) is 10.3 Å². The molecule has 0 bridgehead atoms. The molecule has 1 fully saturated rings. The van der Waals surface area contributed by atoms with E-state index in [0.29, 0.717) is 18.6 Å². The van der Waals surface area contributed by atoms with Crippen molar-refractivity contribution in [2.24, 2.45) is 0 Å². The number of nitrogens with zero attached hydrogens (tertiary/aromatic N) is 1. The fraction of sp³-hybridized carbons (Fsp3) is 0.500. The molecule has 190 valence electrons. The Labute approximate surface area is 206 Å². The number of carbonyl (C=O) groups excluding carboxylic acids is 3. The molecule has 0 radical (unpaired) electrons. The second-order valence-electron chi connectivity index (χ2n) is 8.65. The molecule has 3 amide bonds. The van der Waals surface area contributed by atoms with Crippen LogP contribution in [0.3, 0.4) is 0 Å². The second kappa shape index (κ2) is 12.5. The Balaban J connectivity index is 2.17. The normalized spacial score (nSPS) is 19.0. The van der Waals surface area contributed by atoms with Crippen LogP contribution in [0.2, 0.25) is 0 Å². The van der Waals surface area contributed by atoms with Crippen LogP contribution in [-0.4, -0.2) is 65.9 Å². The summed E-state index contributed by atoms with van der Waals surface area (Å²) in [5, 5.41) is 12.7. The fourth-order valence-electron chi connectivity index (χ4n) is 3.35. The van der Waals surface area contributed by atoms with Crippen LogP contribution in [-0.2, 0) is 19.2 Å². The van der Waals surface area contributed by atoms with E-state index in [4.69, 9.17) is 9.57 Å². The van der Waals surface area contributed by atoms with Crippen LogP contribution < -0.4 is 10.8 Å². The van der Waals surface area contributed by atoms with Gasteiger partial charge < -0.3 is 20.1 Å². The number of rotatable bonds is 8. The molecule has 1 aromatic carbocycles. The average Bonchev–Trinajstić information content (AvgIpc) is 2.88. The van der Waals surface area contributed by atoms with E-state index in [1.165, 1.54) is 21.0 Å². The first-order chi connectivity index (χ1) is 16.5. The van der Waals surface area contributed by atoms with Gasteiger partial charge in [-0.3, -0.25) is 14.4 Å². The van der Waals surface area contributed by atoms with Gasteiger partial charge in [-0.15, -0.1) is 0 Å². The van der Waals surface area contributed by atoms with Gasteiger partial charge in [-0.05, 0) is 63.5 Å². The zero-order valence-corrected chi connectivity index (χ0v) is 21.0. The van der Waals surface area contributed by atoms with Gasteiger partial charge in [0.05, 0.1) is 0 Å². The first kappa shape index (κ1) is 28.1. The molecule has 9 nitrogen and oxygen atoms in total. The number of carbonyl (C=O) groups is 3. The van der Waals surface area contributed by atoms with Crippen LogP contribution in [0, 0.1) is 11.8 Å². The largest absolute Gasteiger partial charge is 0.374 e. The lowest BCUT2D eigenvalue weighted by Crippen LogP contribution is -2.65. The molecular weight excluding hydrogens is 450 g/mol. The third-order valence-corrected chi connectivity index (χ3v) is 5.78. The van der Waals surface area contributed by atoms with Gasteiger partial charge in [0.15, 0.2) is 11.8 Å². The highest BCUT2D eigenvalue weighted by atomic mass is 16.8. The van der Waals surface area contributed by atoms with Gasteiger partial charge in [-0.2, -0.15) is 0 Å². The first-order valence-electron chi connectivity index (χ1n) is 11.7. The van der Waals surface area contributed by atoms with Crippen molar-refractivity contribution in [2.75, 3.05) is 20.7 Å². The molecule has 0 saturated carbocycles. The van der Waals surface area contributed by atoms with E-state index in [-0.39, 0.29) is 5.56 Å². The third kappa shape index (κ3) is 7.39. The van der Waals surface area contributed by atoms with Gasteiger partial charge in [-0.1, -0.05) is 24.8 Å². The molecule has 3 unspecified atom stereocenters. The number of hydroxylamine groups is 1. The minimum Gasteiger partial charge on any atom is -0.374 e. The molecular formula is C26H35N3O6. The topological polar surface area (TPSA) is 117 Å². The lowest BCUT2D eigenvalue weighted by atomic mass is 9.96. The van der Waals surface area contributed by atoms with Gasteiger partial charge in [0.2, 0.25) is 0 Å². The summed E-state index contributed by atoms with van der Waals surface area (Å²) in [6.07, 6.45) is 6.08. The Morgan fingerprint density at radius 2 is 1.91 bits per heavy atom. The fourth-order valence-corrected chi connectivity index (χ4v) is 3.35. The Morgan fingerprint density at radius 1 is 1.23 bits per heavy atom. The number of hydrogen-bond donors (Lipinski definition) is 3. The van der Waals surface area contributed by atoms with Gasteiger partial charge in [0.1, 0.15) is 5.60 Å². The molecule has 1 saturated heterocycles. The molecule has 1 aromatic rings. The van der Waals surface area contributed by atoms with E-state index in [1.807, 2.05) is 13.0 Å². The predicted molar refractivity (Wildman–Crippen MR) is 131 cm³/mol. The van der Waals surface area contributed by atoms with Gasteiger partial charge >= 0.3 is 0 Å². The number of likely N-dealkylation sites (N-methyl/N-ethyl adjacent to an activating group) is 2. The van der Waals surface area contributed by atoms with Gasteiger partial charge in [0.25, 0.3) is 17.7 Å². The second-order valence-corrected chi connectivity index (χ2v) is 8.65. The van der Waals surface area contributed by atoms with Crippen molar-refractivity contribution in [1.82, 2.24) is 15.7 Å². The lowest BCUT2D eigenvalue weighted by Gasteiger charge is -2.36. The molecule has 1 aliphatic heterocycles. The molecule has 3 atom stereocenters. The summed E-state index contributed by atoms with van der Waals surface area (Å²) in [7, 11) is 2.76.